The maximum atomic E-state index is 15.0. The molecule has 3 aromatic rings. The van der Waals surface area contributed by atoms with Gasteiger partial charge in [0, 0.05) is 36.8 Å². The van der Waals surface area contributed by atoms with E-state index >= 15 is 4.79 Å². The maximum absolute atomic E-state index is 15.0. The molecule has 3 atom stereocenters. The van der Waals surface area contributed by atoms with Crippen molar-refractivity contribution in [1.82, 2.24) is 15.0 Å². The van der Waals surface area contributed by atoms with Crippen LogP contribution < -0.4 is 9.04 Å². The van der Waals surface area contributed by atoms with Gasteiger partial charge in [0.15, 0.2) is 16.2 Å². The van der Waals surface area contributed by atoms with Crippen LogP contribution in [0.1, 0.15) is 29.0 Å². The number of carbonyl (C=O) groups is 2. The summed E-state index contributed by atoms with van der Waals surface area (Å²) in [6.07, 6.45) is -0.933. The summed E-state index contributed by atoms with van der Waals surface area (Å²) < 4.78 is 40.1. The molecule has 40 heavy (non-hydrogen) atoms. The Labute approximate surface area is 236 Å². The fourth-order valence-corrected chi connectivity index (χ4v) is 7.81. The lowest BCUT2D eigenvalue weighted by Gasteiger charge is -2.42. The summed E-state index contributed by atoms with van der Waals surface area (Å²) in [4.78, 5) is 31.2. The number of nitrogens with zero attached hydrogens (tertiary/aromatic N) is 4. The highest BCUT2D eigenvalue weighted by atomic mass is 35.5. The molecule has 0 bridgehead atoms. The second-order valence-electron chi connectivity index (χ2n) is 10.1. The molecule has 2 aliphatic rings. The summed E-state index contributed by atoms with van der Waals surface area (Å²) in [5.74, 6) is -0.919. The summed E-state index contributed by atoms with van der Waals surface area (Å²) in [6, 6.07) is 10.2. The van der Waals surface area contributed by atoms with Gasteiger partial charge in [-0.3, -0.25) is 14.5 Å². The fraction of sp³-hybridized carbons (Fsp3) is 0.370. The van der Waals surface area contributed by atoms with Gasteiger partial charge < -0.3 is 19.3 Å². The molecule has 0 saturated carbocycles. The molecule has 2 aromatic carbocycles. The number of ether oxygens (including phenoxy) is 1. The number of hydrogen-bond donors (Lipinski definition) is 1. The highest BCUT2D eigenvalue weighted by molar-refractivity contribution is 7.93. The Morgan fingerprint density at radius 3 is 2.52 bits per heavy atom. The van der Waals surface area contributed by atoms with Crippen molar-refractivity contribution in [3.8, 4) is 5.75 Å². The van der Waals surface area contributed by atoms with Gasteiger partial charge in [-0.15, -0.1) is 0 Å². The lowest BCUT2D eigenvalue weighted by atomic mass is 9.80. The Morgan fingerprint density at radius 2 is 1.90 bits per heavy atom. The van der Waals surface area contributed by atoms with Crippen LogP contribution in [0.25, 0.3) is 0 Å². The van der Waals surface area contributed by atoms with Crippen molar-refractivity contribution in [3.05, 3.63) is 70.1 Å². The van der Waals surface area contributed by atoms with Gasteiger partial charge in [-0.25, -0.2) is 12.7 Å². The van der Waals surface area contributed by atoms with Crippen molar-refractivity contribution in [2.45, 2.75) is 42.8 Å². The fourth-order valence-electron chi connectivity index (χ4n) is 5.87. The van der Waals surface area contributed by atoms with Crippen LogP contribution in [0.2, 0.25) is 5.02 Å². The number of carbonyl (C=O) groups excluding carboxylic acids is 2. The number of hydrogen-bond acceptors (Lipinski definition) is 9. The smallest absolute Gasteiger partial charge is 0.276 e. The lowest BCUT2D eigenvalue weighted by Crippen LogP contribution is -2.59. The molecule has 5 rings (SSSR count). The van der Waals surface area contributed by atoms with E-state index in [1.165, 1.54) is 44.1 Å². The first-order chi connectivity index (χ1) is 18.9. The Balaban J connectivity index is 1.89. The molecule has 1 unspecified atom stereocenters. The average molecular weight is 589 g/mol. The minimum atomic E-state index is -4.57. The third kappa shape index (κ3) is 3.92. The Kier molecular flexibility index (Phi) is 6.94. The van der Waals surface area contributed by atoms with Crippen molar-refractivity contribution in [1.29, 1.82) is 0 Å². The maximum Gasteiger partial charge on any atom is 0.276 e. The molecule has 0 spiro atoms. The molecule has 3 heterocycles. The molecule has 1 N–H and O–H groups in total. The number of halogens is 1. The van der Waals surface area contributed by atoms with Crippen LogP contribution in [-0.2, 0) is 25.2 Å². The van der Waals surface area contributed by atoms with E-state index in [2.05, 4.69) is 5.16 Å². The van der Waals surface area contributed by atoms with E-state index in [0.29, 0.717) is 5.56 Å². The first kappa shape index (κ1) is 28.1. The number of para-hydroxylation sites is 1. The number of rotatable bonds is 6. The number of benzene rings is 2. The molecular formula is C27H29ClN4O7S. The van der Waals surface area contributed by atoms with E-state index in [1.807, 2.05) is 0 Å². The number of sulfonamides is 1. The number of anilines is 1. The van der Waals surface area contributed by atoms with Crippen molar-refractivity contribution in [2.24, 2.45) is 0 Å². The van der Waals surface area contributed by atoms with Crippen LogP contribution in [0.15, 0.2) is 51.9 Å². The Hall–Kier alpha value is -3.45. The van der Waals surface area contributed by atoms with Crippen molar-refractivity contribution < 1.29 is 32.4 Å². The molecule has 0 radical (unpaired) electrons. The first-order valence-electron chi connectivity index (χ1n) is 12.5. The van der Waals surface area contributed by atoms with E-state index < -0.39 is 33.6 Å². The third-order valence-corrected chi connectivity index (χ3v) is 9.64. The molecule has 2 aliphatic heterocycles. The molecule has 1 saturated heterocycles. The van der Waals surface area contributed by atoms with Gasteiger partial charge in [-0.2, -0.15) is 0 Å². The van der Waals surface area contributed by atoms with Gasteiger partial charge in [0.05, 0.1) is 24.9 Å². The van der Waals surface area contributed by atoms with Gasteiger partial charge in [-0.05, 0) is 44.5 Å². The van der Waals surface area contributed by atoms with Crippen LogP contribution >= 0.6 is 11.6 Å². The standard InChI is InChI=1S/C27H29ClN4O7S/c1-15-24(16(2)39-29-15)40(36,37)32-21-11-10-17(28)12-20(21)27(26(32)35,19-8-6-7-9-23(19)38-5)31-14-18(33)13-22(31)25(34)30(3)4/h6-12,18,22,33H,13-14H2,1-5H3/t18-,22+,27?/m1/s1. The predicted molar refractivity (Wildman–Crippen MR) is 146 cm³/mol. The van der Waals surface area contributed by atoms with E-state index in [9.17, 15) is 18.3 Å². The van der Waals surface area contributed by atoms with Crippen LogP contribution in [0.3, 0.4) is 0 Å². The number of amides is 2. The topological polar surface area (TPSA) is 133 Å². The summed E-state index contributed by atoms with van der Waals surface area (Å²) in [5.41, 5.74) is -1.23. The molecule has 0 aliphatic carbocycles. The van der Waals surface area contributed by atoms with Gasteiger partial charge in [0.2, 0.25) is 5.91 Å². The minimum absolute atomic E-state index is 0.0212. The predicted octanol–water partition coefficient (Wildman–Crippen LogP) is 2.46. The van der Waals surface area contributed by atoms with Crippen LogP contribution in [0, 0.1) is 13.8 Å². The molecule has 1 fully saturated rings. The number of aliphatic hydroxyl groups excluding tert-OH is 1. The van der Waals surface area contributed by atoms with Gasteiger partial charge >= 0.3 is 0 Å². The van der Waals surface area contributed by atoms with E-state index in [-0.39, 0.29) is 57.2 Å². The average Bonchev–Trinajstić information content (AvgIpc) is 3.54. The molecule has 2 amide bonds. The Bertz CT molecular complexity index is 1600. The van der Waals surface area contributed by atoms with Crippen LogP contribution in [-0.4, -0.2) is 80.2 Å². The van der Waals surface area contributed by atoms with E-state index in [4.69, 9.17) is 20.9 Å². The number of aryl methyl sites for hydroxylation is 2. The number of aliphatic hydroxyl groups is 1. The lowest BCUT2D eigenvalue weighted by molar-refractivity contribution is -0.138. The normalized spacial score (nSPS) is 23.0. The SMILES string of the molecule is COc1ccccc1C1(N2C[C@H](O)C[C@H]2C(=O)N(C)C)C(=O)N(S(=O)(=O)c2c(C)noc2C)c2ccc(Cl)cc21. The van der Waals surface area contributed by atoms with Crippen LogP contribution in [0.4, 0.5) is 5.69 Å². The highest BCUT2D eigenvalue weighted by Crippen LogP contribution is 2.55. The van der Waals surface area contributed by atoms with Crippen molar-refractivity contribution in [2.75, 3.05) is 32.1 Å². The zero-order valence-corrected chi connectivity index (χ0v) is 24.2. The number of methoxy groups -OCH3 is 1. The zero-order valence-electron chi connectivity index (χ0n) is 22.6. The second-order valence-corrected chi connectivity index (χ2v) is 12.3. The summed E-state index contributed by atoms with van der Waals surface area (Å²) in [6.45, 7) is 2.83. The molecule has 212 valence electrons. The van der Waals surface area contributed by atoms with E-state index in [1.54, 1.807) is 43.3 Å². The van der Waals surface area contributed by atoms with E-state index in [0.717, 1.165) is 4.31 Å². The van der Waals surface area contributed by atoms with Crippen molar-refractivity contribution >= 4 is 39.1 Å². The van der Waals surface area contributed by atoms with Gasteiger partial charge in [-0.1, -0.05) is 35.0 Å². The van der Waals surface area contributed by atoms with Gasteiger partial charge in [0.1, 0.15) is 11.4 Å². The molecule has 11 nitrogen and oxygen atoms in total. The largest absolute Gasteiger partial charge is 0.496 e. The second kappa shape index (κ2) is 9.88. The molecule has 1 aromatic heterocycles. The molecular weight excluding hydrogens is 560 g/mol. The number of likely N-dealkylation sites (tertiary alicyclic amines) is 1. The zero-order chi connectivity index (χ0) is 29.1. The number of β-amino-alcohol motifs (C(OH)–C–C–N with tert-alkyl or cyclic N) is 1. The summed E-state index contributed by atoms with van der Waals surface area (Å²) in [5, 5.41) is 14.9. The minimum Gasteiger partial charge on any atom is -0.496 e. The summed E-state index contributed by atoms with van der Waals surface area (Å²) in [7, 11) is 0.0260. The Morgan fingerprint density at radius 1 is 1.20 bits per heavy atom. The monoisotopic (exact) mass is 588 g/mol. The number of aromatic nitrogens is 1. The summed E-state index contributed by atoms with van der Waals surface area (Å²) >= 11 is 6.48. The quantitative estimate of drug-likeness (QED) is 0.461. The third-order valence-electron chi connectivity index (χ3n) is 7.46. The first-order valence-corrected chi connectivity index (χ1v) is 14.3. The number of fused-ring (bicyclic) bond motifs is 1. The van der Waals surface area contributed by atoms with Crippen molar-refractivity contribution in [3.63, 3.8) is 0 Å². The number of likely N-dealkylation sites (N-methyl/N-ethyl adjacent to an activating group) is 1. The van der Waals surface area contributed by atoms with Crippen LogP contribution in [0.5, 0.6) is 5.75 Å². The molecule has 13 heteroatoms. The highest BCUT2D eigenvalue weighted by Gasteiger charge is 2.64. The van der Waals surface area contributed by atoms with Gasteiger partial charge in [0.25, 0.3) is 15.9 Å².